The minimum absolute atomic E-state index is 0.373. The zero-order valence-electron chi connectivity index (χ0n) is 12.7. The predicted octanol–water partition coefficient (Wildman–Crippen LogP) is 1.16. The first-order valence-corrected chi connectivity index (χ1v) is 8.06. The summed E-state index contributed by atoms with van der Waals surface area (Å²) in [4.78, 5) is 5.09. The van der Waals surface area contributed by atoms with Gasteiger partial charge < -0.3 is 10.5 Å². The fourth-order valence-electron chi connectivity index (χ4n) is 3.70. The summed E-state index contributed by atoms with van der Waals surface area (Å²) in [6.45, 7) is 11.8. The minimum Gasteiger partial charge on any atom is -0.374 e. The van der Waals surface area contributed by atoms with Crippen LogP contribution in [0.5, 0.6) is 0 Å². The van der Waals surface area contributed by atoms with Crippen LogP contribution in [-0.4, -0.2) is 67.8 Å². The maximum absolute atomic E-state index is 6.03. The lowest BCUT2D eigenvalue weighted by atomic mass is 9.87. The fraction of sp³-hybridized carbons (Fsp3) is 1.00. The molecule has 0 aromatic heterocycles. The van der Waals surface area contributed by atoms with Gasteiger partial charge in [-0.1, -0.05) is 20.3 Å². The lowest BCUT2D eigenvalue weighted by Gasteiger charge is -2.43. The molecule has 3 atom stereocenters. The summed E-state index contributed by atoms with van der Waals surface area (Å²) in [5.74, 6) is 0.782. The molecule has 0 amide bonds. The molecule has 0 aromatic carbocycles. The van der Waals surface area contributed by atoms with E-state index in [0.29, 0.717) is 12.1 Å². The number of likely N-dealkylation sites (N-methyl/N-ethyl adjacent to an activating group) is 1. The van der Waals surface area contributed by atoms with Gasteiger partial charge in [0.25, 0.3) is 0 Å². The van der Waals surface area contributed by atoms with Crippen LogP contribution in [0.25, 0.3) is 0 Å². The Balaban J connectivity index is 1.89. The Labute approximate surface area is 118 Å². The quantitative estimate of drug-likeness (QED) is 0.813. The van der Waals surface area contributed by atoms with Gasteiger partial charge in [0.05, 0.1) is 12.7 Å². The Morgan fingerprint density at radius 3 is 2.79 bits per heavy atom. The van der Waals surface area contributed by atoms with Crippen LogP contribution in [0.15, 0.2) is 0 Å². The number of rotatable bonds is 5. The number of nitrogens with two attached hydrogens (primary N) is 1. The normalized spacial score (nSPS) is 34.6. The van der Waals surface area contributed by atoms with E-state index in [-0.39, 0.29) is 0 Å². The van der Waals surface area contributed by atoms with Crippen LogP contribution in [-0.2, 0) is 4.74 Å². The van der Waals surface area contributed by atoms with Gasteiger partial charge in [0, 0.05) is 32.2 Å². The molecule has 19 heavy (non-hydrogen) atoms. The van der Waals surface area contributed by atoms with Crippen LogP contribution in [0.2, 0.25) is 0 Å². The molecule has 3 unspecified atom stereocenters. The molecular formula is C15H31N3O. The van der Waals surface area contributed by atoms with Crippen molar-refractivity contribution in [2.75, 3.05) is 45.9 Å². The lowest BCUT2D eigenvalue weighted by molar-refractivity contribution is -0.0554. The molecule has 2 N–H and O–H groups in total. The van der Waals surface area contributed by atoms with Crippen LogP contribution in [0.1, 0.15) is 33.1 Å². The first-order valence-electron chi connectivity index (χ1n) is 8.06. The average Bonchev–Trinajstić information content (AvgIpc) is 2.47. The number of likely N-dealkylation sites (tertiary alicyclic amines) is 1. The Kier molecular flexibility index (Phi) is 6.07. The van der Waals surface area contributed by atoms with Crippen LogP contribution < -0.4 is 5.73 Å². The molecule has 0 spiro atoms. The Morgan fingerprint density at radius 1 is 1.26 bits per heavy atom. The van der Waals surface area contributed by atoms with Crippen molar-refractivity contribution in [1.82, 2.24) is 9.80 Å². The van der Waals surface area contributed by atoms with Crippen LogP contribution in [0.3, 0.4) is 0 Å². The van der Waals surface area contributed by atoms with Crippen LogP contribution in [0.4, 0.5) is 0 Å². The monoisotopic (exact) mass is 269 g/mol. The van der Waals surface area contributed by atoms with E-state index < -0.39 is 0 Å². The summed E-state index contributed by atoms with van der Waals surface area (Å²) >= 11 is 0. The van der Waals surface area contributed by atoms with E-state index in [1.165, 1.54) is 25.8 Å². The standard InChI is InChI=1S/C15H31N3O/c1-3-13-6-5-7-18(15(13)10-16)12-14-11-17(4-2)8-9-19-14/h13-15H,3-12,16H2,1-2H3. The highest BCUT2D eigenvalue weighted by atomic mass is 16.5. The number of morpholine rings is 1. The van der Waals surface area contributed by atoms with Crippen molar-refractivity contribution in [1.29, 1.82) is 0 Å². The second kappa shape index (κ2) is 7.58. The molecule has 0 aliphatic carbocycles. The molecular weight excluding hydrogens is 238 g/mol. The Bertz CT molecular complexity index is 262. The predicted molar refractivity (Wildman–Crippen MR) is 79.3 cm³/mol. The summed E-state index contributed by atoms with van der Waals surface area (Å²) in [6.07, 6.45) is 4.30. The third-order valence-electron chi connectivity index (χ3n) is 4.91. The van der Waals surface area contributed by atoms with Crippen molar-refractivity contribution in [3.8, 4) is 0 Å². The van der Waals surface area contributed by atoms with E-state index in [9.17, 15) is 0 Å². The molecule has 2 aliphatic rings. The van der Waals surface area contributed by atoms with Gasteiger partial charge in [-0.15, -0.1) is 0 Å². The molecule has 0 aromatic rings. The van der Waals surface area contributed by atoms with Gasteiger partial charge in [-0.05, 0) is 31.8 Å². The SMILES string of the molecule is CCC1CCCN(CC2CN(CC)CCO2)C1CN. The highest BCUT2D eigenvalue weighted by molar-refractivity contribution is 4.87. The molecule has 4 nitrogen and oxygen atoms in total. The number of ether oxygens (including phenoxy) is 1. The van der Waals surface area contributed by atoms with Gasteiger partial charge in [-0.3, -0.25) is 9.80 Å². The second-order valence-electron chi connectivity index (χ2n) is 5.99. The van der Waals surface area contributed by atoms with Crippen molar-refractivity contribution in [2.45, 2.75) is 45.3 Å². The lowest BCUT2D eigenvalue weighted by Crippen LogP contribution is -2.54. The van der Waals surface area contributed by atoms with E-state index in [4.69, 9.17) is 10.5 Å². The second-order valence-corrected chi connectivity index (χ2v) is 5.99. The zero-order valence-corrected chi connectivity index (χ0v) is 12.7. The smallest absolute Gasteiger partial charge is 0.0829 e. The van der Waals surface area contributed by atoms with E-state index >= 15 is 0 Å². The fourth-order valence-corrected chi connectivity index (χ4v) is 3.70. The maximum Gasteiger partial charge on any atom is 0.0829 e. The maximum atomic E-state index is 6.03. The van der Waals surface area contributed by atoms with Gasteiger partial charge in [-0.25, -0.2) is 0 Å². The third-order valence-corrected chi connectivity index (χ3v) is 4.91. The molecule has 2 heterocycles. The summed E-state index contributed by atoms with van der Waals surface area (Å²) < 4.78 is 5.95. The zero-order chi connectivity index (χ0) is 13.7. The molecule has 0 radical (unpaired) electrons. The summed E-state index contributed by atoms with van der Waals surface area (Å²) in [7, 11) is 0. The van der Waals surface area contributed by atoms with Crippen molar-refractivity contribution < 1.29 is 4.74 Å². The first kappa shape index (κ1) is 15.2. The van der Waals surface area contributed by atoms with E-state index in [1.807, 2.05) is 0 Å². The molecule has 0 saturated carbocycles. The Morgan fingerprint density at radius 2 is 2.11 bits per heavy atom. The van der Waals surface area contributed by atoms with Crippen LogP contribution >= 0.6 is 0 Å². The number of hydrogen-bond donors (Lipinski definition) is 1. The van der Waals surface area contributed by atoms with Crippen molar-refractivity contribution in [2.24, 2.45) is 11.7 Å². The Hall–Kier alpha value is -0.160. The highest BCUT2D eigenvalue weighted by Gasteiger charge is 2.31. The average molecular weight is 269 g/mol. The van der Waals surface area contributed by atoms with Crippen LogP contribution in [0, 0.1) is 5.92 Å². The van der Waals surface area contributed by atoms with Gasteiger partial charge in [-0.2, -0.15) is 0 Å². The third kappa shape index (κ3) is 3.91. The van der Waals surface area contributed by atoms with Crippen molar-refractivity contribution in [3.63, 3.8) is 0 Å². The van der Waals surface area contributed by atoms with Crippen molar-refractivity contribution in [3.05, 3.63) is 0 Å². The number of nitrogens with zero attached hydrogens (tertiary/aromatic N) is 2. The highest BCUT2D eigenvalue weighted by Crippen LogP contribution is 2.26. The molecule has 2 aliphatic heterocycles. The van der Waals surface area contributed by atoms with Gasteiger partial charge in [0.15, 0.2) is 0 Å². The minimum atomic E-state index is 0.373. The van der Waals surface area contributed by atoms with E-state index in [0.717, 1.165) is 45.2 Å². The topological polar surface area (TPSA) is 41.7 Å². The first-order chi connectivity index (χ1) is 9.28. The van der Waals surface area contributed by atoms with Gasteiger partial charge >= 0.3 is 0 Å². The van der Waals surface area contributed by atoms with E-state index in [1.54, 1.807) is 0 Å². The molecule has 4 heteroatoms. The summed E-state index contributed by atoms with van der Waals surface area (Å²) in [6, 6.07) is 0.569. The van der Waals surface area contributed by atoms with Gasteiger partial charge in [0.1, 0.15) is 0 Å². The number of hydrogen-bond acceptors (Lipinski definition) is 4. The summed E-state index contributed by atoms with van der Waals surface area (Å²) in [5.41, 5.74) is 6.03. The largest absolute Gasteiger partial charge is 0.374 e. The molecule has 2 fully saturated rings. The molecule has 2 saturated heterocycles. The summed E-state index contributed by atoms with van der Waals surface area (Å²) in [5, 5.41) is 0. The van der Waals surface area contributed by atoms with Gasteiger partial charge in [0.2, 0.25) is 0 Å². The van der Waals surface area contributed by atoms with Crippen molar-refractivity contribution >= 4 is 0 Å². The molecule has 112 valence electrons. The van der Waals surface area contributed by atoms with E-state index in [2.05, 4.69) is 23.6 Å². The number of piperidine rings is 1. The molecule has 0 bridgehead atoms. The molecule has 2 rings (SSSR count).